The monoisotopic (exact) mass is 351 g/mol. The minimum absolute atomic E-state index is 0.305. The van der Waals surface area contributed by atoms with Crippen LogP contribution >= 0.6 is 0 Å². The van der Waals surface area contributed by atoms with E-state index in [0.29, 0.717) is 6.79 Å². The molecule has 0 bridgehead atoms. The molecule has 2 aromatic rings. The van der Waals surface area contributed by atoms with E-state index in [4.69, 9.17) is 18.9 Å². The number of benzene rings is 2. The van der Waals surface area contributed by atoms with Crippen molar-refractivity contribution < 1.29 is 18.9 Å². The Morgan fingerprint density at radius 2 is 1.81 bits per heavy atom. The van der Waals surface area contributed by atoms with Crippen LogP contribution < -0.4 is 18.9 Å². The third-order valence-corrected chi connectivity index (χ3v) is 5.58. The molecule has 3 heterocycles. The summed E-state index contributed by atoms with van der Waals surface area (Å²) in [7, 11) is 3.39. The Morgan fingerprint density at radius 1 is 1.00 bits per heavy atom. The maximum Gasteiger partial charge on any atom is 0.231 e. The Hall–Kier alpha value is -2.82. The lowest BCUT2D eigenvalue weighted by Gasteiger charge is -2.39. The molecule has 0 N–H and O–H groups in total. The van der Waals surface area contributed by atoms with E-state index in [2.05, 4.69) is 30.0 Å². The Balaban J connectivity index is 1.72. The van der Waals surface area contributed by atoms with E-state index in [0.717, 1.165) is 42.5 Å². The first-order valence-corrected chi connectivity index (χ1v) is 8.84. The molecule has 0 fully saturated rings. The summed E-state index contributed by atoms with van der Waals surface area (Å²) in [6, 6.07) is 8.40. The summed E-state index contributed by atoms with van der Waals surface area (Å²) in [4.78, 5) is 2.43. The van der Waals surface area contributed by atoms with Crippen LogP contribution in [-0.2, 0) is 13.0 Å². The predicted molar refractivity (Wildman–Crippen MR) is 98.7 cm³/mol. The number of fused-ring (bicyclic) bond motifs is 5. The highest BCUT2D eigenvalue weighted by Gasteiger charge is 2.32. The molecule has 5 rings (SSSR count). The van der Waals surface area contributed by atoms with Gasteiger partial charge in [-0.15, -0.1) is 0 Å². The number of ether oxygens (including phenoxy) is 4. The average Bonchev–Trinajstić information content (AvgIpc) is 3.12. The Bertz CT molecular complexity index is 948. The summed E-state index contributed by atoms with van der Waals surface area (Å²) in [6.07, 6.45) is 0.990. The molecular weight excluding hydrogens is 330 g/mol. The van der Waals surface area contributed by atoms with Crippen molar-refractivity contribution in [1.29, 1.82) is 0 Å². The molecule has 3 aliphatic rings. The summed E-state index contributed by atoms with van der Waals surface area (Å²) in [5.74, 6) is 3.31. The minimum atomic E-state index is 0.305. The van der Waals surface area contributed by atoms with Gasteiger partial charge in [0, 0.05) is 29.9 Å². The fraction of sp³-hybridized carbons (Fsp3) is 0.333. The summed E-state index contributed by atoms with van der Waals surface area (Å²) in [5.41, 5.74) is 7.52. The van der Waals surface area contributed by atoms with Crippen LogP contribution in [0.1, 0.15) is 29.2 Å². The van der Waals surface area contributed by atoms with Gasteiger partial charge in [-0.3, -0.25) is 0 Å². The van der Waals surface area contributed by atoms with Crippen LogP contribution in [0.3, 0.4) is 0 Å². The topological polar surface area (TPSA) is 40.2 Å². The second-order valence-corrected chi connectivity index (χ2v) is 6.83. The van der Waals surface area contributed by atoms with E-state index >= 15 is 0 Å². The van der Waals surface area contributed by atoms with E-state index in [1.54, 1.807) is 14.2 Å². The van der Waals surface area contributed by atoms with Gasteiger partial charge in [-0.1, -0.05) is 6.07 Å². The van der Waals surface area contributed by atoms with Gasteiger partial charge in [-0.05, 0) is 48.2 Å². The second kappa shape index (κ2) is 5.59. The summed E-state index contributed by atoms with van der Waals surface area (Å²) in [6.45, 7) is 4.28. The van der Waals surface area contributed by atoms with Crippen LogP contribution in [0.15, 0.2) is 24.3 Å². The zero-order chi connectivity index (χ0) is 17.8. The van der Waals surface area contributed by atoms with Gasteiger partial charge in [0.2, 0.25) is 6.79 Å². The molecule has 0 radical (unpaired) electrons. The molecule has 5 nitrogen and oxygen atoms in total. The van der Waals surface area contributed by atoms with Gasteiger partial charge in [0.1, 0.15) is 0 Å². The van der Waals surface area contributed by atoms with Crippen LogP contribution in [0.25, 0.3) is 11.3 Å². The summed E-state index contributed by atoms with van der Waals surface area (Å²) < 4.78 is 22.3. The van der Waals surface area contributed by atoms with E-state index in [1.807, 2.05) is 6.07 Å². The SMILES string of the molecule is COc1ccc2c(c1OC)CN1CCc3cc4c(cc3C1=C2C)OCO4. The average molecular weight is 351 g/mol. The molecule has 0 saturated heterocycles. The smallest absolute Gasteiger partial charge is 0.231 e. The third kappa shape index (κ3) is 2.03. The van der Waals surface area contributed by atoms with Crippen LogP contribution in [0.5, 0.6) is 23.0 Å². The largest absolute Gasteiger partial charge is 0.493 e. The molecule has 0 amide bonds. The van der Waals surface area contributed by atoms with Gasteiger partial charge in [-0.2, -0.15) is 0 Å². The first kappa shape index (κ1) is 15.4. The van der Waals surface area contributed by atoms with Gasteiger partial charge in [0.25, 0.3) is 0 Å². The van der Waals surface area contributed by atoms with Gasteiger partial charge >= 0.3 is 0 Å². The third-order valence-electron chi connectivity index (χ3n) is 5.58. The van der Waals surface area contributed by atoms with Crippen molar-refractivity contribution in [2.75, 3.05) is 27.6 Å². The van der Waals surface area contributed by atoms with Crippen molar-refractivity contribution in [2.24, 2.45) is 0 Å². The van der Waals surface area contributed by atoms with Crippen LogP contribution in [0.4, 0.5) is 0 Å². The van der Waals surface area contributed by atoms with Crippen molar-refractivity contribution in [3.63, 3.8) is 0 Å². The highest BCUT2D eigenvalue weighted by Crippen LogP contribution is 2.48. The number of hydrogen-bond donors (Lipinski definition) is 0. The lowest BCUT2D eigenvalue weighted by Crippen LogP contribution is -2.32. The van der Waals surface area contributed by atoms with Gasteiger partial charge in [0.05, 0.1) is 14.2 Å². The molecule has 0 aliphatic carbocycles. The minimum Gasteiger partial charge on any atom is -0.493 e. The maximum atomic E-state index is 5.68. The van der Waals surface area contributed by atoms with Crippen molar-refractivity contribution in [3.8, 4) is 23.0 Å². The molecular formula is C21H21NO4. The molecule has 26 heavy (non-hydrogen) atoms. The predicted octanol–water partition coefficient (Wildman–Crippen LogP) is 3.69. The van der Waals surface area contributed by atoms with Crippen molar-refractivity contribution in [1.82, 2.24) is 4.90 Å². The highest BCUT2D eigenvalue weighted by molar-refractivity contribution is 5.94. The fourth-order valence-corrected chi connectivity index (χ4v) is 4.36. The summed E-state index contributed by atoms with van der Waals surface area (Å²) >= 11 is 0. The number of nitrogens with zero attached hydrogens (tertiary/aromatic N) is 1. The van der Waals surface area contributed by atoms with E-state index in [9.17, 15) is 0 Å². The van der Waals surface area contributed by atoms with Crippen molar-refractivity contribution in [2.45, 2.75) is 19.9 Å². The van der Waals surface area contributed by atoms with Crippen LogP contribution in [0, 0.1) is 0 Å². The lowest BCUT2D eigenvalue weighted by molar-refractivity contribution is 0.174. The second-order valence-electron chi connectivity index (χ2n) is 6.83. The standard InChI is InChI=1S/C21H21NO4/c1-12-14-4-5-17(23-2)21(24-3)16(14)10-22-7-6-13-8-18-19(26-11-25-18)9-15(13)20(12)22/h4-5,8-9H,6-7,10-11H2,1-3H3. The van der Waals surface area contributed by atoms with Crippen LogP contribution in [0.2, 0.25) is 0 Å². The first-order valence-electron chi connectivity index (χ1n) is 8.84. The van der Waals surface area contributed by atoms with Gasteiger partial charge in [0.15, 0.2) is 23.0 Å². The normalized spacial score (nSPS) is 16.8. The first-order chi connectivity index (χ1) is 12.7. The Kier molecular flexibility index (Phi) is 3.32. The number of methoxy groups -OCH3 is 2. The van der Waals surface area contributed by atoms with Crippen molar-refractivity contribution in [3.05, 3.63) is 46.5 Å². The molecule has 0 aromatic heterocycles. The maximum absolute atomic E-state index is 5.68. The zero-order valence-electron chi connectivity index (χ0n) is 15.2. The Morgan fingerprint density at radius 3 is 2.58 bits per heavy atom. The van der Waals surface area contributed by atoms with Crippen LogP contribution in [-0.4, -0.2) is 32.5 Å². The van der Waals surface area contributed by atoms with Gasteiger partial charge in [-0.25, -0.2) is 0 Å². The zero-order valence-corrected chi connectivity index (χ0v) is 15.2. The number of allylic oxidation sites excluding steroid dienone is 1. The number of hydrogen-bond acceptors (Lipinski definition) is 5. The molecule has 0 saturated carbocycles. The molecule has 3 aliphatic heterocycles. The molecule has 2 aromatic carbocycles. The van der Waals surface area contributed by atoms with E-state index in [-0.39, 0.29) is 0 Å². The van der Waals surface area contributed by atoms with Gasteiger partial charge < -0.3 is 23.8 Å². The lowest BCUT2D eigenvalue weighted by atomic mass is 9.86. The molecule has 5 heteroatoms. The quantitative estimate of drug-likeness (QED) is 0.825. The molecule has 0 spiro atoms. The molecule has 0 unspecified atom stereocenters. The van der Waals surface area contributed by atoms with E-state index in [1.165, 1.54) is 33.5 Å². The number of rotatable bonds is 2. The molecule has 134 valence electrons. The van der Waals surface area contributed by atoms with Crippen molar-refractivity contribution >= 4 is 11.3 Å². The summed E-state index contributed by atoms with van der Waals surface area (Å²) in [5, 5.41) is 0. The fourth-order valence-electron chi connectivity index (χ4n) is 4.36. The van der Waals surface area contributed by atoms with E-state index < -0.39 is 0 Å². The molecule has 0 atom stereocenters. The Labute approximate surface area is 152 Å². The highest BCUT2D eigenvalue weighted by atomic mass is 16.7.